The number of nitrogens with zero attached hydrogens (tertiary/aromatic N) is 1. The van der Waals surface area contributed by atoms with Gasteiger partial charge < -0.3 is 10.6 Å². The highest BCUT2D eigenvalue weighted by Gasteiger charge is 2.22. The Morgan fingerprint density at radius 3 is 2.75 bits per heavy atom. The quantitative estimate of drug-likeness (QED) is 0.659. The van der Waals surface area contributed by atoms with Crippen molar-refractivity contribution in [2.45, 2.75) is 6.04 Å². The minimum absolute atomic E-state index is 0.0940. The van der Waals surface area contributed by atoms with Crippen LogP contribution in [0.3, 0.4) is 0 Å². The molecule has 5 nitrogen and oxygen atoms in total. The molecule has 1 heterocycles. The molecule has 1 fully saturated rings. The molecular weight excluding hydrogens is 281 g/mol. The molecule has 0 radical (unpaired) electrons. The number of benzene rings is 1. The first kappa shape index (κ1) is 11.3. The summed E-state index contributed by atoms with van der Waals surface area (Å²) in [5.74, 6) is -0.514. The van der Waals surface area contributed by atoms with Gasteiger partial charge in [0.2, 0.25) is 0 Å². The van der Waals surface area contributed by atoms with Gasteiger partial charge in [-0.05, 0) is 15.9 Å². The molecule has 0 atom stereocenters. The van der Waals surface area contributed by atoms with Gasteiger partial charge in [0.15, 0.2) is 0 Å². The lowest BCUT2D eigenvalue weighted by molar-refractivity contribution is -0.384. The lowest BCUT2D eigenvalue weighted by Crippen LogP contribution is -2.51. The second kappa shape index (κ2) is 4.34. The van der Waals surface area contributed by atoms with Gasteiger partial charge in [0.1, 0.15) is 11.5 Å². The van der Waals surface area contributed by atoms with E-state index in [0.717, 1.165) is 19.2 Å². The van der Waals surface area contributed by atoms with Gasteiger partial charge >= 0.3 is 0 Å². The van der Waals surface area contributed by atoms with E-state index < -0.39 is 10.7 Å². The lowest BCUT2D eigenvalue weighted by atomic mass is 10.1. The third-order valence-electron chi connectivity index (χ3n) is 2.38. The molecule has 1 aliphatic rings. The van der Waals surface area contributed by atoms with Crippen molar-refractivity contribution < 1.29 is 9.31 Å². The Morgan fingerprint density at radius 2 is 2.25 bits per heavy atom. The van der Waals surface area contributed by atoms with Crippen LogP contribution >= 0.6 is 15.9 Å². The largest absolute Gasteiger partial charge is 0.374 e. The maximum absolute atomic E-state index is 13.3. The molecule has 0 unspecified atom stereocenters. The van der Waals surface area contributed by atoms with E-state index in [-0.39, 0.29) is 21.9 Å². The highest BCUT2D eigenvalue weighted by Crippen LogP contribution is 2.31. The molecule has 0 aromatic heterocycles. The van der Waals surface area contributed by atoms with E-state index in [1.807, 2.05) is 0 Å². The van der Waals surface area contributed by atoms with Gasteiger partial charge in [-0.1, -0.05) is 0 Å². The van der Waals surface area contributed by atoms with E-state index in [1.165, 1.54) is 6.07 Å². The number of nitrogens with one attached hydrogen (secondary N) is 2. The Hall–Kier alpha value is -1.21. The Kier molecular flexibility index (Phi) is 3.06. The minimum Gasteiger partial charge on any atom is -0.374 e. The van der Waals surface area contributed by atoms with Crippen LogP contribution in [-0.4, -0.2) is 24.1 Å². The van der Waals surface area contributed by atoms with Crippen molar-refractivity contribution >= 4 is 27.3 Å². The maximum Gasteiger partial charge on any atom is 0.293 e. The van der Waals surface area contributed by atoms with Crippen LogP contribution in [0, 0.1) is 15.9 Å². The van der Waals surface area contributed by atoms with Crippen LogP contribution in [-0.2, 0) is 0 Å². The molecule has 1 aliphatic heterocycles. The van der Waals surface area contributed by atoms with Gasteiger partial charge in [0.05, 0.1) is 15.4 Å². The first-order chi connectivity index (χ1) is 7.58. The third kappa shape index (κ3) is 2.14. The van der Waals surface area contributed by atoms with Gasteiger partial charge in [-0.2, -0.15) is 0 Å². The van der Waals surface area contributed by atoms with Crippen LogP contribution in [0.1, 0.15) is 0 Å². The number of anilines is 1. The summed E-state index contributed by atoms with van der Waals surface area (Å²) in [7, 11) is 0. The van der Waals surface area contributed by atoms with E-state index in [4.69, 9.17) is 0 Å². The summed E-state index contributed by atoms with van der Waals surface area (Å²) in [6.07, 6.45) is 0. The van der Waals surface area contributed by atoms with Crippen LogP contribution < -0.4 is 10.6 Å². The van der Waals surface area contributed by atoms with Gasteiger partial charge in [0, 0.05) is 25.2 Å². The molecule has 7 heteroatoms. The molecule has 0 spiro atoms. The summed E-state index contributed by atoms with van der Waals surface area (Å²) in [5.41, 5.74) is 0.0948. The number of hydrogen-bond acceptors (Lipinski definition) is 4. The summed E-state index contributed by atoms with van der Waals surface area (Å²) in [4.78, 5) is 10.3. The maximum atomic E-state index is 13.3. The fraction of sp³-hybridized carbons (Fsp3) is 0.333. The zero-order valence-corrected chi connectivity index (χ0v) is 9.75. The molecule has 0 saturated carbocycles. The fourth-order valence-corrected chi connectivity index (χ4v) is 1.74. The van der Waals surface area contributed by atoms with Crippen molar-refractivity contribution in [2.24, 2.45) is 0 Å². The van der Waals surface area contributed by atoms with Gasteiger partial charge in [-0.3, -0.25) is 10.1 Å². The van der Waals surface area contributed by atoms with Crippen LogP contribution in [0.2, 0.25) is 0 Å². The highest BCUT2D eigenvalue weighted by molar-refractivity contribution is 9.10. The Bertz CT molecular complexity index is 437. The predicted octanol–water partition coefficient (Wildman–Crippen LogP) is 1.88. The number of rotatable bonds is 3. The van der Waals surface area contributed by atoms with Gasteiger partial charge in [0.25, 0.3) is 5.69 Å². The zero-order valence-electron chi connectivity index (χ0n) is 8.17. The van der Waals surface area contributed by atoms with Crippen molar-refractivity contribution in [1.29, 1.82) is 0 Å². The summed E-state index contributed by atoms with van der Waals surface area (Å²) in [5, 5.41) is 16.7. The number of halogens is 2. The van der Waals surface area contributed by atoms with Gasteiger partial charge in [-0.15, -0.1) is 0 Å². The topological polar surface area (TPSA) is 67.2 Å². The van der Waals surface area contributed by atoms with E-state index in [0.29, 0.717) is 0 Å². The molecule has 2 rings (SSSR count). The lowest BCUT2D eigenvalue weighted by Gasteiger charge is -2.28. The first-order valence-electron chi connectivity index (χ1n) is 4.68. The van der Waals surface area contributed by atoms with E-state index in [1.54, 1.807) is 0 Å². The first-order valence-corrected chi connectivity index (χ1v) is 5.48. The van der Waals surface area contributed by atoms with E-state index in [2.05, 4.69) is 26.6 Å². The van der Waals surface area contributed by atoms with Crippen molar-refractivity contribution in [3.05, 3.63) is 32.5 Å². The molecule has 1 aromatic rings. The molecule has 0 aliphatic carbocycles. The smallest absolute Gasteiger partial charge is 0.293 e. The second-order valence-corrected chi connectivity index (χ2v) is 4.39. The average molecular weight is 290 g/mol. The van der Waals surface area contributed by atoms with Crippen molar-refractivity contribution in [1.82, 2.24) is 5.32 Å². The van der Waals surface area contributed by atoms with Crippen LogP contribution in [0.4, 0.5) is 15.8 Å². The molecule has 16 heavy (non-hydrogen) atoms. The highest BCUT2D eigenvalue weighted by atomic mass is 79.9. The standard InChI is InChI=1S/C9H9BrFN3O2/c10-6-1-9(14(15)16)8(2-7(6)11)13-5-3-12-4-5/h1-2,5,12-13H,3-4H2. The molecule has 2 N–H and O–H groups in total. The molecule has 1 saturated heterocycles. The average Bonchev–Trinajstić information content (AvgIpc) is 2.16. The van der Waals surface area contributed by atoms with E-state index >= 15 is 0 Å². The minimum atomic E-state index is -0.529. The summed E-state index contributed by atoms with van der Waals surface area (Å²) in [6.45, 7) is 1.46. The van der Waals surface area contributed by atoms with Crippen molar-refractivity contribution in [2.75, 3.05) is 18.4 Å². The second-order valence-electron chi connectivity index (χ2n) is 3.54. The number of hydrogen-bond donors (Lipinski definition) is 2. The van der Waals surface area contributed by atoms with Crippen molar-refractivity contribution in [3.8, 4) is 0 Å². The SMILES string of the molecule is O=[N+]([O-])c1cc(Br)c(F)cc1NC1CNC1. The molecule has 1 aromatic carbocycles. The number of nitro groups is 1. The normalized spacial score (nSPS) is 15.6. The Morgan fingerprint density at radius 1 is 1.56 bits per heavy atom. The van der Waals surface area contributed by atoms with E-state index in [9.17, 15) is 14.5 Å². The molecule has 0 bridgehead atoms. The summed E-state index contributed by atoms with van der Waals surface area (Å²) in [6, 6.07) is 2.43. The third-order valence-corrected chi connectivity index (χ3v) is 2.98. The van der Waals surface area contributed by atoms with Crippen LogP contribution in [0.15, 0.2) is 16.6 Å². The Labute approximate surface area is 99.3 Å². The molecular formula is C9H9BrFN3O2. The Balaban J connectivity index is 2.32. The van der Waals surface area contributed by atoms with Crippen molar-refractivity contribution in [3.63, 3.8) is 0 Å². The van der Waals surface area contributed by atoms with Gasteiger partial charge in [-0.25, -0.2) is 4.39 Å². The zero-order chi connectivity index (χ0) is 11.7. The predicted molar refractivity (Wildman–Crippen MR) is 61.0 cm³/mol. The van der Waals surface area contributed by atoms with Crippen LogP contribution in [0.25, 0.3) is 0 Å². The molecule has 86 valence electrons. The summed E-state index contributed by atoms with van der Waals surface area (Å²) >= 11 is 2.93. The fourth-order valence-electron chi connectivity index (χ4n) is 1.41. The monoisotopic (exact) mass is 289 g/mol. The molecule has 0 amide bonds. The number of nitro benzene ring substituents is 1. The van der Waals surface area contributed by atoms with Crippen LogP contribution in [0.5, 0.6) is 0 Å². The summed E-state index contributed by atoms with van der Waals surface area (Å²) < 4.78 is 13.4.